The number of benzene rings is 2. The van der Waals surface area contributed by atoms with Gasteiger partial charge < -0.3 is 14.5 Å². The minimum Gasteiger partial charge on any atom is -0.494 e. The van der Waals surface area contributed by atoms with Crippen molar-refractivity contribution in [3.63, 3.8) is 0 Å². The molecule has 0 radical (unpaired) electrons. The molecular weight excluding hydrogens is 450 g/mol. The van der Waals surface area contributed by atoms with Gasteiger partial charge in [-0.05, 0) is 42.5 Å². The van der Waals surface area contributed by atoms with Crippen LogP contribution in [0.3, 0.4) is 0 Å². The lowest BCUT2D eigenvalue weighted by atomic mass is 10.1. The van der Waals surface area contributed by atoms with Gasteiger partial charge in [0.15, 0.2) is 0 Å². The molecule has 8 heteroatoms. The number of nitrogens with zero attached hydrogens (tertiary/aromatic N) is 3. The summed E-state index contributed by atoms with van der Waals surface area (Å²) in [5, 5.41) is 1.41. The molecule has 178 valence electrons. The Labute approximate surface area is 204 Å². The number of hydrogen-bond donors (Lipinski definition) is 0. The molecule has 34 heavy (non-hydrogen) atoms. The van der Waals surface area contributed by atoms with Crippen molar-refractivity contribution in [1.82, 2.24) is 14.7 Å². The first-order chi connectivity index (χ1) is 16.5. The lowest BCUT2D eigenvalue weighted by Crippen LogP contribution is -2.63. The number of carbonyl (C=O) groups is 3. The smallest absolute Gasteiger partial charge is 0.328 e. The molecular formula is C26H29N3O4S. The molecule has 2 aromatic carbocycles. The largest absolute Gasteiger partial charge is 0.494 e. The summed E-state index contributed by atoms with van der Waals surface area (Å²) in [6.45, 7) is 5.50. The number of thioether (sulfide) groups is 1. The van der Waals surface area contributed by atoms with Crippen LogP contribution in [0, 0.1) is 0 Å². The average molecular weight is 480 g/mol. The van der Waals surface area contributed by atoms with E-state index in [2.05, 4.69) is 0 Å². The highest BCUT2D eigenvalue weighted by atomic mass is 32.2. The minimum atomic E-state index is -0.434. The maximum atomic E-state index is 13.4. The molecule has 2 heterocycles. The van der Waals surface area contributed by atoms with E-state index >= 15 is 0 Å². The molecule has 0 bridgehead atoms. The third-order valence-electron chi connectivity index (χ3n) is 5.99. The summed E-state index contributed by atoms with van der Waals surface area (Å²) in [7, 11) is 0. The van der Waals surface area contributed by atoms with E-state index in [4.69, 9.17) is 4.74 Å². The number of hydrogen-bond acceptors (Lipinski definition) is 5. The SMILES string of the molecule is CCOc1ccc(CN2C(=O)C3SC=CC3N(CC(=O)N(CC)Cc3ccccc3)C2=O)cc1. The molecule has 1 saturated heterocycles. The number of likely N-dealkylation sites (N-methyl/N-ethyl adjacent to an activating group) is 1. The van der Waals surface area contributed by atoms with Crippen LogP contribution in [0.25, 0.3) is 0 Å². The van der Waals surface area contributed by atoms with Gasteiger partial charge in [0.25, 0.3) is 0 Å². The van der Waals surface area contributed by atoms with Crippen molar-refractivity contribution in [2.45, 2.75) is 38.2 Å². The Morgan fingerprint density at radius 2 is 1.76 bits per heavy atom. The second kappa shape index (κ2) is 10.8. The zero-order valence-corrected chi connectivity index (χ0v) is 20.2. The quantitative estimate of drug-likeness (QED) is 0.546. The molecule has 0 aliphatic carbocycles. The highest BCUT2D eigenvalue weighted by molar-refractivity contribution is 8.03. The van der Waals surface area contributed by atoms with Gasteiger partial charge in [-0.2, -0.15) is 0 Å². The maximum absolute atomic E-state index is 13.4. The molecule has 0 spiro atoms. The van der Waals surface area contributed by atoms with Crippen molar-refractivity contribution in [1.29, 1.82) is 0 Å². The topological polar surface area (TPSA) is 70.2 Å². The summed E-state index contributed by atoms with van der Waals surface area (Å²) in [6, 6.07) is 16.3. The molecule has 0 aromatic heterocycles. The first-order valence-electron chi connectivity index (χ1n) is 11.5. The van der Waals surface area contributed by atoms with Gasteiger partial charge in [-0.25, -0.2) is 4.79 Å². The third kappa shape index (κ3) is 5.12. The van der Waals surface area contributed by atoms with Crippen LogP contribution in [0.5, 0.6) is 5.75 Å². The number of fused-ring (bicyclic) bond motifs is 1. The minimum absolute atomic E-state index is 0.0708. The first-order valence-corrected chi connectivity index (χ1v) is 12.4. The van der Waals surface area contributed by atoms with Crippen LogP contribution >= 0.6 is 11.8 Å². The molecule has 2 unspecified atom stereocenters. The molecule has 7 nitrogen and oxygen atoms in total. The average Bonchev–Trinajstić information content (AvgIpc) is 3.35. The van der Waals surface area contributed by atoms with Crippen LogP contribution in [0.2, 0.25) is 0 Å². The van der Waals surface area contributed by atoms with E-state index in [9.17, 15) is 14.4 Å². The van der Waals surface area contributed by atoms with Gasteiger partial charge in [-0.1, -0.05) is 48.5 Å². The van der Waals surface area contributed by atoms with E-state index in [0.29, 0.717) is 19.7 Å². The summed E-state index contributed by atoms with van der Waals surface area (Å²) in [5.41, 5.74) is 1.86. The Hall–Kier alpha value is -3.26. The van der Waals surface area contributed by atoms with Crippen LogP contribution in [0.4, 0.5) is 4.79 Å². The highest BCUT2D eigenvalue weighted by Gasteiger charge is 2.47. The number of imide groups is 1. The summed E-state index contributed by atoms with van der Waals surface area (Å²) in [4.78, 5) is 44.3. The molecule has 4 rings (SSSR count). The van der Waals surface area contributed by atoms with Gasteiger partial charge in [0, 0.05) is 13.1 Å². The van der Waals surface area contributed by atoms with E-state index in [-0.39, 0.29) is 24.9 Å². The van der Waals surface area contributed by atoms with Crippen molar-refractivity contribution in [2.24, 2.45) is 0 Å². The van der Waals surface area contributed by atoms with Gasteiger partial charge in [0.2, 0.25) is 11.8 Å². The molecule has 0 saturated carbocycles. The number of urea groups is 1. The lowest BCUT2D eigenvalue weighted by molar-refractivity contribution is -0.137. The zero-order valence-electron chi connectivity index (χ0n) is 19.4. The van der Waals surface area contributed by atoms with Gasteiger partial charge in [0.05, 0.1) is 19.2 Å². The van der Waals surface area contributed by atoms with Crippen molar-refractivity contribution in [3.05, 3.63) is 77.2 Å². The predicted octanol–water partition coefficient (Wildman–Crippen LogP) is 3.90. The van der Waals surface area contributed by atoms with Crippen LogP contribution < -0.4 is 4.74 Å². The van der Waals surface area contributed by atoms with Gasteiger partial charge >= 0.3 is 6.03 Å². The Bertz CT molecular complexity index is 1060. The third-order valence-corrected chi connectivity index (χ3v) is 7.08. The fourth-order valence-electron chi connectivity index (χ4n) is 4.18. The summed E-state index contributed by atoms with van der Waals surface area (Å²) >= 11 is 1.40. The Morgan fingerprint density at radius 3 is 2.44 bits per heavy atom. The van der Waals surface area contributed by atoms with E-state index in [0.717, 1.165) is 16.9 Å². The standard InChI is InChI=1S/C26H29N3O4S/c1-3-27(16-19-8-6-5-7-9-19)23(30)18-28-22-14-15-34-24(22)25(31)29(26(28)32)17-20-10-12-21(13-11-20)33-4-2/h5-15,22,24H,3-4,16-18H2,1-2H3. The molecule has 4 amide bonds. The second-order valence-corrected chi connectivity index (χ2v) is 9.23. The Kier molecular flexibility index (Phi) is 7.57. The zero-order chi connectivity index (χ0) is 24.1. The van der Waals surface area contributed by atoms with E-state index in [1.54, 1.807) is 4.90 Å². The molecule has 2 aliphatic heterocycles. The predicted molar refractivity (Wildman–Crippen MR) is 132 cm³/mol. The second-order valence-electron chi connectivity index (χ2n) is 8.18. The van der Waals surface area contributed by atoms with E-state index in [1.807, 2.05) is 79.9 Å². The molecule has 0 N–H and O–H groups in total. The van der Waals surface area contributed by atoms with Crippen LogP contribution in [-0.4, -0.2) is 63.5 Å². The fraction of sp³-hybridized carbons (Fsp3) is 0.346. The maximum Gasteiger partial charge on any atom is 0.328 e. The molecule has 2 aliphatic rings. The van der Waals surface area contributed by atoms with Crippen molar-refractivity contribution in [2.75, 3.05) is 19.7 Å². The van der Waals surface area contributed by atoms with Crippen molar-refractivity contribution < 1.29 is 19.1 Å². The van der Waals surface area contributed by atoms with Crippen LogP contribution in [-0.2, 0) is 22.7 Å². The van der Waals surface area contributed by atoms with Gasteiger partial charge in [-0.3, -0.25) is 14.5 Å². The summed E-state index contributed by atoms with van der Waals surface area (Å²) in [6.07, 6.45) is 1.85. The fourth-order valence-corrected chi connectivity index (χ4v) is 5.24. The van der Waals surface area contributed by atoms with Crippen molar-refractivity contribution >= 4 is 29.6 Å². The Morgan fingerprint density at radius 1 is 1.03 bits per heavy atom. The normalized spacial score (nSPS) is 19.4. The molecule has 2 atom stereocenters. The van der Waals surface area contributed by atoms with Crippen molar-refractivity contribution in [3.8, 4) is 5.75 Å². The molecule has 2 aromatic rings. The van der Waals surface area contributed by atoms with Gasteiger partial charge in [-0.15, -0.1) is 11.8 Å². The number of rotatable bonds is 9. The van der Waals surface area contributed by atoms with Gasteiger partial charge in [0.1, 0.15) is 17.5 Å². The van der Waals surface area contributed by atoms with Crippen LogP contribution in [0.1, 0.15) is 25.0 Å². The monoisotopic (exact) mass is 479 g/mol. The van der Waals surface area contributed by atoms with E-state index < -0.39 is 17.3 Å². The number of ether oxygens (including phenoxy) is 1. The first kappa shape index (κ1) is 23.9. The van der Waals surface area contributed by atoms with Crippen LogP contribution in [0.15, 0.2) is 66.1 Å². The van der Waals surface area contributed by atoms with E-state index in [1.165, 1.54) is 21.6 Å². The summed E-state index contributed by atoms with van der Waals surface area (Å²) < 4.78 is 5.48. The lowest BCUT2D eigenvalue weighted by Gasteiger charge is -2.41. The number of carbonyl (C=O) groups excluding carboxylic acids is 3. The Balaban J connectivity index is 1.50. The highest BCUT2D eigenvalue weighted by Crippen LogP contribution is 2.35. The summed E-state index contributed by atoms with van der Waals surface area (Å²) in [5.74, 6) is 0.377. The molecule has 1 fully saturated rings. The number of amides is 4.